The van der Waals surface area contributed by atoms with Gasteiger partial charge in [0, 0.05) is 30.0 Å². The molecule has 2 aromatic carbocycles. The molecule has 0 aliphatic rings. The van der Waals surface area contributed by atoms with E-state index in [0.717, 1.165) is 5.56 Å². The van der Waals surface area contributed by atoms with Crippen LogP contribution in [-0.2, 0) is 16.6 Å². The summed E-state index contributed by atoms with van der Waals surface area (Å²) in [5, 5.41) is 7.62. The molecule has 0 unspecified atom stereocenters. The van der Waals surface area contributed by atoms with Crippen LogP contribution in [0.5, 0.6) is 0 Å². The van der Waals surface area contributed by atoms with Crippen LogP contribution >= 0.6 is 23.2 Å². The number of rotatable bonds is 8. The molecule has 0 radical (unpaired) electrons. The first-order valence-electron chi connectivity index (χ1n) is 9.63. The van der Waals surface area contributed by atoms with Crippen molar-refractivity contribution in [2.75, 3.05) is 18.4 Å². The lowest BCUT2D eigenvalue weighted by Crippen LogP contribution is -2.30. The van der Waals surface area contributed by atoms with Crippen LogP contribution in [0, 0.1) is 0 Å². The third kappa shape index (κ3) is 5.27. The molecule has 1 aromatic heterocycles. The van der Waals surface area contributed by atoms with Crippen molar-refractivity contribution in [3.05, 3.63) is 76.0 Å². The maximum Gasteiger partial charge on any atom is 0.258 e. The summed E-state index contributed by atoms with van der Waals surface area (Å²) in [4.78, 5) is 12.6. The van der Waals surface area contributed by atoms with Crippen molar-refractivity contribution in [3.8, 4) is 0 Å². The highest BCUT2D eigenvalue weighted by atomic mass is 35.5. The second-order valence-electron chi connectivity index (χ2n) is 6.71. The van der Waals surface area contributed by atoms with E-state index in [0.29, 0.717) is 35.9 Å². The first kappa shape index (κ1) is 23.3. The minimum Gasteiger partial charge on any atom is -0.322 e. The maximum absolute atomic E-state index is 12.8. The zero-order valence-corrected chi connectivity index (χ0v) is 19.4. The molecule has 1 heterocycles. The van der Waals surface area contributed by atoms with Crippen molar-refractivity contribution in [1.82, 2.24) is 14.1 Å². The first-order valence-corrected chi connectivity index (χ1v) is 11.8. The van der Waals surface area contributed by atoms with Crippen LogP contribution in [0.25, 0.3) is 0 Å². The Morgan fingerprint density at radius 3 is 2.48 bits per heavy atom. The van der Waals surface area contributed by atoms with Crippen LogP contribution in [0.4, 0.5) is 5.69 Å². The molecule has 3 aromatic rings. The molecule has 0 bridgehead atoms. The fraction of sp³-hybridized carbons (Fsp3) is 0.238. The molecule has 0 saturated heterocycles. The van der Waals surface area contributed by atoms with E-state index >= 15 is 0 Å². The molecule has 7 nitrogen and oxygen atoms in total. The predicted molar refractivity (Wildman–Crippen MR) is 122 cm³/mol. The Morgan fingerprint density at radius 2 is 1.81 bits per heavy atom. The van der Waals surface area contributed by atoms with Crippen molar-refractivity contribution >= 4 is 44.8 Å². The average molecular weight is 481 g/mol. The smallest absolute Gasteiger partial charge is 0.258 e. The highest BCUT2D eigenvalue weighted by molar-refractivity contribution is 7.89. The summed E-state index contributed by atoms with van der Waals surface area (Å²) in [6.07, 6.45) is 3.04. The van der Waals surface area contributed by atoms with E-state index in [2.05, 4.69) is 10.4 Å². The molecular weight excluding hydrogens is 459 g/mol. The number of carbonyl (C=O) groups is 1. The van der Waals surface area contributed by atoms with E-state index in [9.17, 15) is 13.2 Å². The molecule has 10 heteroatoms. The van der Waals surface area contributed by atoms with Gasteiger partial charge in [0.05, 0.1) is 23.3 Å². The average Bonchev–Trinajstić information content (AvgIpc) is 3.20. The van der Waals surface area contributed by atoms with Gasteiger partial charge in [0.1, 0.15) is 4.90 Å². The predicted octanol–water partition coefficient (Wildman–Crippen LogP) is 4.52. The van der Waals surface area contributed by atoms with Gasteiger partial charge in [-0.25, -0.2) is 8.42 Å². The normalized spacial score (nSPS) is 11.6. The summed E-state index contributed by atoms with van der Waals surface area (Å²) in [5.74, 6) is -0.418. The number of hydrogen-bond donors (Lipinski definition) is 1. The van der Waals surface area contributed by atoms with Gasteiger partial charge in [-0.2, -0.15) is 9.40 Å². The molecular formula is C21H22Cl2N4O3S. The standard InChI is InChI=1S/C21H22Cl2N4O3S/c1-3-27(4-2)31(29,30)20-11-17(9-10-19(20)23)25-21(28)16-12-24-26(14-16)13-15-7-5-6-8-18(15)22/h5-12,14H,3-4,13H2,1-2H3,(H,25,28). The van der Waals surface area contributed by atoms with Gasteiger partial charge in [-0.3, -0.25) is 9.48 Å². The van der Waals surface area contributed by atoms with Crippen molar-refractivity contribution < 1.29 is 13.2 Å². The molecule has 0 atom stereocenters. The minimum absolute atomic E-state index is 0.0509. The molecule has 1 amide bonds. The second-order valence-corrected chi connectivity index (χ2v) is 9.43. The van der Waals surface area contributed by atoms with E-state index in [1.807, 2.05) is 18.2 Å². The quantitative estimate of drug-likeness (QED) is 0.513. The summed E-state index contributed by atoms with van der Waals surface area (Å²) in [6.45, 7) is 4.55. The number of sulfonamides is 1. The van der Waals surface area contributed by atoms with Gasteiger partial charge in [-0.05, 0) is 29.8 Å². The van der Waals surface area contributed by atoms with Crippen molar-refractivity contribution in [2.45, 2.75) is 25.3 Å². The molecule has 0 saturated carbocycles. The molecule has 0 spiro atoms. The number of hydrogen-bond acceptors (Lipinski definition) is 4. The third-order valence-corrected chi connectivity index (χ3v) is 7.60. The number of anilines is 1. The number of nitrogens with one attached hydrogen (secondary N) is 1. The van der Waals surface area contributed by atoms with Crippen molar-refractivity contribution in [1.29, 1.82) is 0 Å². The van der Waals surface area contributed by atoms with E-state index < -0.39 is 15.9 Å². The maximum atomic E-state index is 12.8. The Kier molecular flexibility index (Phi) is 7.38. The van der Waals surface area contributed by atoms with Gasteiger partial charge in [0.15, 0.2) is 0 Å². The number of carbonyl (C=O) groups excluding carboxylic acids is 1. The zero-order valence-electron chi connectivity index (χ0n) is 17.0. The Morgan fingerprint density at radius 1 is 1.10 bits per heavy atom. The van der Waals surface area contributed by atoms with E-state index in [1.54, 1.807) is 36.9 Å². The minimum atomic E-state index is -3.77. The first-order chi connectivity index (χ1) is 14.8. The molecule has 0 aliphatic heterocycles. The van der Waals surface area contributed by atoms with Gasteiger partial charge in [-0.1, -0.05) is 55.2 Å². The monoisotopic (exact) mass is 480 g/mol. The zero-order chi connectivity index (χ0) is 22.6. The topological polar surface area (TPSA) is 84.3 Å². The number of nitrogens with zero attached hydrogens (tertiary/aromatic N) is 3. The van der Waals surface area contributed by atoms with E-state index in [-0.39, 0.29) is 9.92 Å². The molecule has 1 N–H and O–H groups in total. The van der Waals surface area contributed by atoms with E-state index in [4.69, 9.17) is 23.2 Å². The molecule has 31 heavy (non-hydrogen) atoms. The lowest BCUT2D eigenvalue weighted by molar-refractivity contribution is 0.102. The molecule has 0 fully saturated rings. The highest BCUT2D eigenvalue weighted by Gasteiger charge is 2.25. The molecule has 0 aliphatic carbocycles. The fourth-order valence-electron chi connectivity index (χ4n) is 3.05. The lowest BCUT2D eigenvalue weighted by Gasteiger charge is -2.19. The number of amides is 1. The SMILES string of the molecule is CCN(CC)S(=O)(=O)c1cc(NC(=O)c2cnn(Cc3ccccc3Cl)c2)ccc1Cl. The largest absolute Gasteiger partial charge is 0.322 e. The van der Waals surface area contributed by atoms with E-state index in [1.165, 1.54) is 22.6 Å². The Hall–Kier alpha value is -2.39. The number of halogens is 2. The number of benzene rings is 2. The van der Waals surface area contributed by atoms with Crippen LogP contribution in [0.15, 0.2) is 59.8 Å². The third-order valence-electron chi connectivity index (χ3n) is 4.70. The van der Waals surface area contributed by atoms with Gasteiger partial charge >= 0.3 is 0 Å². The Bertz CT molecular complexity index is 1190. The van der Waals surface area contributed by atoms with Crippen LogP contribution in [0.2, 0.25) is 10.0 Å². The number of aromatic nitrogens is 2. The molecule has 164 valence electrons. The van der Waals surface area contributed by atoms with Gasteiger partial charge in [0.2, 0.25) is 10.0 Å². The van der Waals surface area contributed by atoms with Crippen molar-refractivity contribution in [3.63, 3.8) is 0 Å². The summed E-state index contributed by atoms with van der Waals surface area (Å²) in [7, 11) is -3.77. The second kappa shape index (κ2) is 9.82. The van der Waals surface area contributed by atoms with Crippen LogP contribution in [0.1, 0.15) is 29.8 Å². The van der Waals surface area contributed by atoms with Crippen molar-refractivity contribution in [2.24, 2.45) is 0 Å². The Labute approximate surface area is 191 Å². The highest BCUT2D eigenvalue weighted by Crippen LogP contribution is 2.28. The van der Waals surface area contributed by atoms with Crippen LogP contribution in [0.3, 0.4) is 0 Å². The summed E-state index contributed by atoms with van der Waals surface area (Å²) in [6, 6.07) is 11.8. The summed E-state index contributed by atoms with van der Waals surface area (Å²) < 4.78 is 28.6. The van der Waals surface area contributed by atoms with Crippen LogP contribution in [-0.4, -0.2) is 41.5 Å². The Balaban J connectivity index is 1.79. The van der Waals surface area contributed by atoms with Gasteiger partial charge < -0.3 is 5.32 Å². The summed E-state index contributed by atoms with van der Waals surface area (Å²) >= 11 is 12.3. The van der Waals surface area contributed by atoms with Gasteiger partial charge in [-0.15, -0.1) is 0 Å². The van der Waals surface area contributed by atoms with Gasteiger partial charge in [0.25, 0.3) is 5.91 Å². The fourth-order valence-corrected chi connectivity index (χ4v) is 5.21. The lowest BCUT2D eigenvalue weighted by atomic mass is 10.2. The van der Waals surface area contributed by atoms with Crippen LogP contribution < -0.4 is 5.32 Å². The molecule has 3 rings (SSSR count). The summed E-state index contributed by atoms with van der Waals surface area (Å²) in [5.41, 5.74) is 1.53.